The van der Waals surface area contributed by atoms with Gasteiger partial charge in [-0.25, -0.2) is 4.79 Å². The van der Waals surface area contributed by atoms with Gasteiger partial charge >= 0.3 is 5.97 Å². The molecule has 0 radical (unpaired) electrons. The van der Waals surface area contributed by atoms with Gasteiger partial charge in [0, 0.05) is 19.2 Å². The average Bonchev–Trinajstić information content (AvgIpc) is 2.98. The summed E-state index contributed by atoms with van der Waals surface area (Å²) in [6.07, 6.45) is 2.37. The second kappa shape index (κ2) is 5.40. The minimum atomic E-state index is -0.955. The van der Waals surface area contributed by atoms with Crippen LogP contribution >= 0.6 is 0 Å². The van der Waals surface area contributed by atoms with Gasteiger partial charge in [0.25, 0.3) is 0 Å². The Morgan fingerprint density at radius 1 is 1.29 bits per heavy atom. The third-order valence-corrected chi connectivity index (χ3v) is 3.64. The minimum absolute atomic E-state index is 0.0321. The predicted molar refractivity (Wildman–Crippen MR) is 72.7 cm³/mol. The van der Waals surface area contributed by atoms with Crippen molar-refractivity contribution in [2.24, 2.45) is 0 Å². The molecule has 1 aliphatic rings. The molecule has 108 valence electrons. The number of aromatic carboxylic acids is 1. The lowest BCUT2D eigenvalue weighted by Gasteiger charge is -2.29. The van der Waals surface area contributed by atoms with Crippen LogP contribution in [0.1, 0.15) is 27.2 Å². The molecule has 1 aromatic carbocycles. The predicted octanol–water partition coefficient (Wildman–Crippen LogP) is 1.50. The quantitative estimate of drug-likeness (QED) is 0.924. The molecule has 1 N–H and O–H groups in total. The SMILES string of the molecule is O=C(O)c1ccc2c(c1)CN(C(=O)Cc1ccon1)CC2. The van der Waals surface area contributed by atoms with E-state index in [2.05, 4.69) is 5.16 Å². The molecular formula is C15H14N2O4. The van der Waals surface area contributed by atoms with Gasteiger partial charge < -0.3 is 14.5 Å². The molecule has 2 heterocycles. The number of hydrogen-bond acceptors (Lipinski definition) is 4. The maximum atomic E-state index is 12.2. The number of hydrogen-bond donors (Lipinski definition) is 1. The monoisotopic (exact) mass is 286 g/mol. The first-order valence-electron chi connectivity index (χ1n) is 6.65. The number of fused-ring (bicyclic) bond motifs is 1. The van der Waals surface area contributed by atoms with E-state index in [4.69, 9.17) is 9.63 Å². The highest BCUT2D eigenvalue weighted by Crippen LogP contribution is 2.21. The zero-order valence-corrected chi connectivity index (χ0v) is 11.3. The van der Waals surface area contributed by atoms with Crippen LogP contribution in [0, 0.1) is 0 Å². The topological polar surface area (TPSA) is 83.6 Å². The Kier molecular flexibility index (Phi) is 3.43. The van der Waals surface area contributed by atoms with Crippen LogP contribution in [0.4, 0.5) is 0 Å². The summed E-state index contributed by atoms with van der Waals surface area (Å²) >= 11 is 0. The van der Waals surface area contributed by atoms with E-state index in [1.54, 1.807) is 23.1 Å². The standard InChI is InChI=1S/C15H14N2O4/c18-14(8-13-4-6-21-16-13)17-5-3-10-1-2-11(15(19)20)7-12(10)9-17/h1-2,4,6-7H,3,5,8-9H2,(H,19,20). The Bertz CT molecular complexity index is 679. The van der Waals surface area contributed by atoms with E-state index >= 15 is 0 Å². The molecule has 1 aromatic heterocycles. The van der Waals surface area contributed by atoms with E-state index in [1.807, 2.05) is 6.07 Å². The molecule has 0 aliphatic carbocycles. The van der Waals surface area contributed by atoms with E-state index in [0.29, 0.717) is 18.8 Å². The summed E-state index contributed by atoms with van der Waals surface area (Å²) in [6.45, 7) is 1.07. The van der Waals surface area contributed by atoms with Crippen molar-refractivity contribution >= 4 is 11.9 Å². The maximum absolute atomic E-state index is 12.2. The number of benzene rings is 1. The number of nitrogens with zero attached hydrogens (tertiary/aromatic N) is 2. The molecule has 0 spiro atoms. The summed E-state index contributed by atoms with van der Waals surface area (Å²) in [7, 11) is 0. The lowest BCUT2D eigenvalue weighted by molar-refractivity contribution is -0.131. The molecule has 6 nitrogen and oxygen atoms in total. The normalized spacial score (nSPS) is 13.8. The van der Waals surface area contributed by atoms with Crippen molar-refractivity contribution in [1.29, 1.82) is 0 Å². The smallest absolute Gasteiger partial charge is 0.335 e. The highest BCUT2D eigenvalue weighted by atomic mass is 16.5. The second-order valence-electron chi connectivity index (χ2n) is 5.02. The van der Waals surface area contributed by atoms with Gasteiger partial charge in [-0.15, -0.1) is 0 Å². The molecule has 0 saturated carbocycles. The van der Waals surface area contributed by atoms with E-state index in [-0.39, 0.29) is 17.9 Å². The molecule has 21 heavy (non-hydrogen) atoms. The van der Waals surface area contributed by atoms with Gasteiger partial charge in [-0.2, -0.15) is 0 Å². The Labute approximate surface area is 121 Å². The van der Waals surface area contributed by atoms with E-state index in [1.165, 1.54) is 6.26 Å². The van der Waals surface area contributed by atoms with Crippen LogP contribution in [-0.4, -0.2) is 33.6 Å². The molecule has 3 rings (SSSR count). The Hall–Kier alpha value is -2.63. The lowest BCUT2D eigenvalue weighted by Crippen LogP contribution is -2.37. The van der Waals surface area contributed by atoms with Gasteiger partial charge in [-0.1, -0.05) is 11.2 Å². The van der Waals surface area contributed by atoms with Crippen LogP contribution in [0.2, 0.25) is 0 Å². The van der Waals surface area contributed by atoms with E-state index in [0.717, 1.165) is 17.5 Å². The van der Waals surface area contributed by atoms with Crippen molar-refractivity contribution in [3.63, 3.8) is 0 Å². The van der Waals surface area contributed by atoms with Gasteiger partial charge in [0.15, 0.2) is 0 Å². The van der Waals surface area contributed by atoms with Crippen molar-refractivity contribution in [1.82, 2.24) is 10.1 Å². The molecule has 1 amide bonds. The van der Waals surface area contributed by atoms with E-state index < -0.39 is 5.97 Å². The van der Waals surface area contributed by atoms with Gasteiger partial charge in [-0.3, -0.25) is 4.79 Å². The zero-order chi connectivity index (χ0) is 14.8. The molecule has 0 saturated heterocycles. The number of rotatable bonds is 3. The van der Waals surface area contributed by atoms with Crippen LogP contribution in [-0.2, 0) is 24.2 Å². The molecule has 1 aliphatic heterocycles. The number of amides is 1. The first kappa shape index (κ1) is 13.4. The van der Waals surface area contributed by atoms with Crippen molar-refractivity contribution in [2.45, 2.75) is 19.4 Å². The Morgan fingerprint density at radius 2 is 2.14 bits per heavy atom. The highest BCUT2D eigenvalue weighted by molar-refractivity contribution is 5.88. The molecule has 0 bridgehead atoms. The van der Waals surface area contributed by atoms with Crippen molar-refractivity contribution in [2.75, 3.05) is 6.54 Å². The summed E-state index contributed by atoms with van der Waals surface area (Å²) in [6, 6.07) is 6.75. The van der Waals surface area contributed by atoms with Gasteiger partial charge in [0.05, 0.1) is 17.7 Å². The number of carbonyl (C=O) groups excluding carboxylic acids is 1. The third kappa shape index (κ3) is 2.79. The highest BCUT2D eigenvalue weighted by Gasteiger charge is 2.22. The summed E-state index contributed by atoms with van der Waals surface area (Å²) in [5, 5.41) is 12.8. The van der Waals surface area contributed by atoms with Crippen LogP contribution in [0.25, 0.3) is 0 Å². The molecular weight excluding hydrogens is 272 g/mol. The van der Waals surface area contributed by atoms with Crippen LogP contribution in [0.3, 0.4) is 0 Å². The van der Waals surface area contributed by atoms with Crippen LogP contribution < -0.4 is 0 Å². The fourth-order valence-corrected chi connectivity index (χ4v) is 2.50. The third-order valence-electron chi connectivity index (χ3n) is 3.64. The van der Waals surface area contributed by atoms with Crippen molar-refractivity contribution in [3.05, 3.63) is 52.9 Å². The second-order valence-corrected chi connectivity index (χ2v) is 5.02. The first-order chi connectivity index (χ1) is 10.1. The minimum Gasteiger partial charge on any atom is -0.478 e. The van der Waals surface area contributed by atoms with Crippen molar-refractivity contribution < 1.29 is 19.2 Å². The first-order valence-corrected chi connectivity index (χ1v) is 6.65. The number of carbonyl (C=O) groups is 2. The molecule has 0 unspecified atom stereocenters. The molecule has 2 aromatic rings. The average molecular weight is 286 g/mol. The van der Waals surface area contributed by atoms with Gasteiger partial charge in [0.2, 0.25) is 5.91 Å². The molecule has 0 atom stereocenters. The largest absolute Gasteiger partial charge is 0.478 e. The Morgan fingerprint density at radius 3 is 2.86 bits per heavy atom. The lowest BCUT2D eigenvalue weighted by atomic mass is 9.97. The molecule has 6 heteroatoms. The number of carboxylic acids is 1. The van der Waals surface area contributed by atoms with E-state index in [9.17, 15) is 9.59 Å². The summed E-state index contributed by atoms with van der Waals surface area (Å²) in [5.41, 5.74) is 2.85. The zero-order valence-electron chi connectivity index (χ0n) is 11.3. The summed E-state index contributed by atoms with van der Waals surface area (Å²) in [4.78, 5) is 25.0. The van der Waals surface area contributed by atoms with Crippen molar-refractivity contribution in [3.8, 4) is 0 Å². The fraction of sp³-hybridized carbons (Fsp3) is 0.267. The molecule has 0 fully saturated rings. The Balaban J connectivity index is 1.75. The number of aromatic nitrogens is 1. The maximum Gasteiger partial charge on any atom is 0.335 e. The van der Waals surface area contributed by atoms with Crippen LogP contribution in [0.15, 0.2) is 35.1 Å². The van der Waals surface area contributed by atoms with Crippen LogP contribution in [0.5, 0.6) is 0 Å². The van der Waals surface area contributed by atoms with Gasteiger partial charge in [-0.05, 0) is 29.7 Å². The summed E-state index contributed by atoms with van der Waals surface area (Å²) in [5.74, 6) is -0.987. The fourth-order valence-electron chi connectivity index (χ4n) is 2.50. The van der Waals surface area contributed by atoms with Gasteiger partial charge in [0.1, 0.15) is 6.26 Å². The summed E-state index contributed by atoms with van der Waals surface area (Å²) < 4.78 is 4.72. The number of carboxylic acid groups (broad SMARTS) is 1.